The van der Waals surface area contributed by atoms with E-state index in [9.17, 15) is 8.42 Å². The van der Waals surface area contributed by atoms with Crippen LogP contribution in [0.1, 0.15) is 24.9 Å². The number of aromatic nitrogens is 1. The van der Waals surface area contributed by atoms with Crippen molar-refractivity contribution in [3.63, 3.8) is 0 Å². The molecule has 8 heteroatoms. The van der Waals surface area contributed by atoms with Crippen LogP contribution in [0.5, 0.6) is 0 Å². The zero-order chi connectivity index (χ0) is 14.9. The van der Waals surface area contributed by atoms with E-state index in [0.717, 1.165) is 12.0 Å². The molecule has 2 unspecified atom stereocenters. The minimum atomic E-state index is -3.39. The Kier molecular flexibility index (Phi) is 5.79. The van der Waals surface area contributed by atoms with Crippen LogP contribution in [-0.4, -0.2) is 54.7 Å². The highest BCUT2D eigenvalue weighted by molar-refractivity contribution is 7.86. The van der Waals surface area contributed by atoms with Crippen molar-refractivity contribution >= 4 is 22.6 Å². The molecule has 0 spiro atoms. The van der Waals surface area contributed by atoms with Gasteiger partial charge in [-0.15, -0.1) is 12.4 Å². The van der Waals surface area contributed by atoms with Crippen molar-refractivity contribution in [2.24, 2.45) is 5.92 Å². The summed E-state index contributed by atoms with van der Waals surface area (Å²) in [5.74, 6) is 0.444. The highest BCUT2D eigenvalue weighted by atomic mass is 35.5. The topological polar surface area (TPSA) is 65.5 Å². The molecular formula is C14H23ClN4O2S. The van der Waals surface area contributed by atoms with Gasteiger partial charge in [0.1, 0.15) is 0 Å². The van der Waals surface area contributed by atoms with E-state index >= 15 is 0 Å². The summed E-state index contributed by atoms with van der Waals surface area (Å²) in [6, 6.07) is 3.63. The zero-order valence-corrected chi connectivity index (χ0v) is 14.3. The van der Waals surface area contributed by atoms with Crippen LogP contribution in [0.25, 0.3) is 0 Å². The Bertz CT molecular complexity index is 584. The largest absolute Gasteiger partial charge is 0.313 e. The van der Waals surface area contributed by atoms with E-state index in [2.05, 4.69) is 17.2 Å². The van der Waals surface area contributed by atoms with E-state index in [1.807, 2.05) is 12.1 Å². The summed E-state index contributed by atoms with van der Waals surface area (Å²) in [6.07, 6.45) is 4.41. The molecular weight excluding hydrogens is 324 g/mol. The van der Waals surface area contributed by atoms with Gasteiger partial charge in [0.05, 0.1) is 6.04 Å². The van der Waals surface area contributed by atoms with Gasteiger partial charge in [0.15, 0.2) is 0 Å². The number of pyridine rings is 1. The zero-order valence-electron chi connectivity index (χ0n) is 12.7. The molecule has 0 aromatic carbocycles. The molecule has 0 radical (unpaired) electrons. The van der Waals surface area contributed by atoms with Crippen molar-refractivity contribution in [2.75, 3.05) is 32.7 Å². The third-order valence-electron chi connectivity index (χ3n) is 4.27. The molecule has 0 amide bonds. The minimum Gasteiger partial charge on any atom is -0.313 e. The van der Waals surface area contributed by atoms with E-state index < -0.39 is 10.2 Å². The van der Waals surface area contributed by atoms with Crippen molar-refractivity contribution in [2.45, 2.75) is 19.4 Å². The van der Waals surface area contributed by atoms with Gasteiger partial charge in [0.2, 0.25) is 0 Å². The Labute approximate surface area is 138 Å². The van der Waals surface area contributed by atoms with Gasteiger partial charge < -0.3 is 5.32 Å². The number of piperazine rings is 1. The second-order valence-electron chi connectivity index (χ2n) is 5.88. The first-order valence-corrected chi connectivity index (χ1v) is 8.86. The number of halogens is 1. The summed E-state index contributed by atoms with van der Waals surface area (Å²) in [4.78, 5) is 4.12. The van der Waals surface area contributed by atoms with Crippen LogP contribution < -0.4 is 5.32 Å². The third kappa shape index (κ3) is 3.44. The molecule has 2 saturated heterocycles. The summed E-state index contributed by atoms with van der Waals surface area (Å²) in [7, 11) is -3.39. The van der Waals surface area contributed by atoms with Crippen molar-refractivity contribution in [1.29, 1.82) is 0 Å². The lowest BCUT2D eigenvalue weighted by Crippen LogP contribution is -2.52. The molecule has 3 heterocycles. The van der Waals surface area contributed by atoms with Crippen molar-refractivity contribution < 1.29 is 8.42 Å². The van der Waals surface area contributed by atoms with Gasteiger partial charge >= 0.3 is 0 Å². The second kappa shape index (κ2) is 7.23. The fourth-order valence-electron chi connectivity index (χ4n) is 3.07. The number of hydrogen-bond donors (Lipinski definition) is 1. The van der Waals surface area contributed by atoms with Crippen LogP contribution in [0.4, 0.5) is 0 Å². The summed E-state index contributed by atoms with van der Waals surface area (Å²) in [5, 5.41) is 3.28. The molecule has 2 atom stereocenters. The molecule has 1 N–H and O–H groups in total. The molecule has 0 aliphatic carbocycles. The Morgan fingerprint density at radius 2 is 2.18 bits per heavy atom. The molecule has 6 nitrogen and oxygen atoms in total. The summed E-state index contributed by atoms with van der Waals surface area (Å²) in [6.45, 7) is 5.20. The highest BCUT2D eigenvalue weighted by Crippen LogP contribution is 2.29. The predicted molar refractivity (Wildman–Crippen MR) is 88.1 cm³/mol. The normalized spacial score (nSPS) is 27.5. The van der Waals surface area contributed by atoms with Crippen LogP contribution in [0, 0.1) is 5.92 Å². The van der Waals surface area contributed by atoms with E-state index in [1.54, 1.807) is 21.0 Å². The predicted octanol–water partition coefficient (Wildman–Crippen LogP) is 1.04. The highest BCUT2D eigenvalue weighted by Gasteiger charge is 2.39. The molecule has 2 aliphatic heterocycles. The first-order chi connectivity index (χ1) is 10.1. The SMILES string of the molecule is CC1CCN(S(=O)(=O)N2CCNCC2c2cccnc2)C1.Cl. The molecule has 22 heavy (non-hydrogen) atoms. The maximum atomic E-state index is 12.9. The molecule has 3 rings (SSSR count). The fraction of sp³-hybridized carbons (Fsp3) is 0.643. The number of nitrogens with zero attached hydrogens (tertiary/aromatic N) is 3. The van der Waals surface area contributed by atoms with E-state index in [-0.39, 0.29) is 18.4 Å². The Morgan fingerprint density at radius 1 is 1.36 bits per heavy atom. The first kappa shape index (κ1) is 17.6. The van der Waals surface area contributed by atoms with Crippen LogP contribution in [0.2, 0.25) is 0 Å². The fourth-order valence-corrected chi connectivity index (χ4v) is 4.99. The van der Waals surface area contributed by atoms with Crippen LogP contribution in [0.15, 0.2) is 24.5 Å². The summed E-state index contributed by atoms with van der Waals surface area (Å²) < 4.78 is 29.1. The molecule has 124 valence electrons. The average molecular weight is 347 g/mol. The lowest BCUT2D eigenvalue weighted by molar-refractivity contribution is 0.251. The van der Waals surface area contributed by atoms with E-state index in [1.165, 1.54) is 0 Å². The smallest absolute Gasteiger partial charge is 0.282 e. The Morgan fingerprint density at radius 3 is 2.82 bits per heavy atom. The molecule has 0 bridgehead atoms. The second-order valence-corrected chi connectivity index (χ2v) is 7.76. The Hall–Kier alpha value is -0.730. The maximum absolute atomic E-state index is 12.9. The van der Waals surface area contributed by atoms with Crippen molar-refractivity contribution in [3.8, 4) is 0 Å². The molecule has 1 aromatic heterocycles. The van der Waals surface area contributed by atoms with Gasteiger partial charge in [-0.25, -0.2) is 0 Å². The lowest BCUT2D eigenvalue weighted by Gasteiger charge is -2.37. The van der Waals surface area contributed by atoms with Crippen LogP contribution in [0.3, 0.4) is 0 Å². The molecule has 1 aromatic rings. The Balaban J connectivity index is 0.00000176. The van der Waals surface area contributed by atoms with Crippen LogP contribution in [-0.2, 0) is 10.2 Å². The minimum absolute atomic E-state index is 0. The number of hydrogen-bond acceptors (Lipinski definition) is 4. The molecule has 2 aliphatic rings. The molecule has 0 saturated carbocycles. The lowest BCUT2D eigenvalue weighted by atomic mass is 10.1. The summed E-state index contributed by atoms with van der Waals surface area (Å²) in [5.41, 5.74) is 0.945. The van der Waals surface area contributed by atoms with Crippen molar-refractivity contribution in [1.82, 2.24) is 18.9 Å². The monoisotopic (exact) mass is 346 g/mol. The third-order valence-corrected chi connectivity index (χ3v) is 6.29. The van der Waals surface area contributed by atoms with Gasteiger partial charge in [0.25, 0.3) is 10.2 Å². The van der Waals surface area contributed by atoms with Gasteiger partial charge in [-0.05, 0) is 24.0 Å². The summed E-state index contributed by atoms with van der Waals surface area (Å²) >= 11 is 0. The van der Waals surface area contributed by atoms with Gasteiger partial charge in [-0.1, -0.05) is 13.0 Å². The maximum Gasteiger partial charge on any atom is 0.282 e. The van der Waals surface area contributed by atoms with Gasteiger partial charge in [-0.2, -0.15) is 17.0 Å². The van der Waals surface area contributed by atoms with E-state index in [4.69, 9.17) is 0 Å². The van der Waals surface area contributed by atoms with Gasteiger partial charge in [0, 0.05) is 45.1 Å². The quantitative estimate of drug-likeness (QED) is 0.888. The average Bonchev–Trinajstić information content (AvgIpc) is 2.95. The van der Waals surface area contributed by atoms with E-state index in [0.29, 0.717) is 38.6 Å². The number of nitrogens with one attached hydrogen (secondary N) is 1. The first-order valence-electron chi connectivity index (χ1n) is 7.46. The number of rotatable bonds is 3. The van der Waals surface area contributed by atoms with Gasteiger partial charge in [-0.3, -0.25) is 4.98 Å². The van der Waals surface area contributed by atoms with Crippen LogP contribution >= 0.6 is 12.4 Å². The van der Waals surface area contributed by atoms with Crippen molar-refractivity contribution in [3.05, 3.63) is 30.1 Å². The standard InChI is InChI=1S/C14H22N4O2S.ClH/c1-12-4-7-17(11-12)21(19,20)18-8-6-16-10-14(18)13-3-2-5-15-9-13;/h2-3,5,9,12,14,16H,4,6-8,10-11H2,1H3;1H. The molecule has 2 fully saturated rings.